The molecule has 1 amide bonds. The number of nitrogens with zero attached hydrogens (tertiary/aromatic N) is 1. The number of aromatic nitrogens is 1. The number of hydrogen-bond acceptors (Lipinski definition) is 4. The van der Waals surface area contributed by atoms with Crippen LogP contribution < -0.4 is 11.1 Å². The van der Waals surface area contributed by atoms with E-state index in [9.17, 15) is 4.79 Å². The molecular formula is C13H13N3OS. The molecule has 2 aromatic rings. The number of thiazole rings is 1. The van der Waals surface area contributed by atoms with Crippen molar-refractivity contribution in [3.63, 3.8) is 0 Å². The van der Waals surface area contributed by atoms with Gasteiger partial charge in [-0.15, -0.1) is 12.3 Å². The van der Waals surface area contributed by atoms with Gasteiger partial charge in [-0.2, -0.15) is 0 Å². The second-order valence-corrected chi connectivity index (χ2v) is 4.86. The van der Waals surface area contributed by atoms with Gasteiger partial charge in [0.1, 0.15) is 0 Å². The number of benzene rings is 1. The highest BCUT2D eigenvalue weighted by Gasteiger charge is 2.07. The molecule has 0 aliphatic heterocycles. The molecule has 2 rings (SSSR count). The van der Waals surface area contributed by atoms with Gasteiger partial charge in [0.15, 0.2) is 5.13 Å². The summed E-state index contributed by atoms with van der Waals surface area (Å²) in [6.07, 6.45) is 6.60. The number of nitrogens with one attached hydrogen (secondary N) is 1. The van der Waals surface area contributed by atoms with E-state index >= 15 is 0 Å². The van der Waals surface area contributed by atoms with Crippen LogP contribution in [0.1, 0.15) is 23.2 Å². The van der Waals surface area contributed by atoms with Crippen LogP contribution in [0.2, 0.25) is 0 Å². The second kappa shape index (κ2) is 5.52. The molecule has 0 aliphatic rings. The van der Waals surface area contributed by atoms with Gasteiger partial charge in [0.2, 0.25) is 0 Å². The molecule has 0 unspecified atom stereocenters. The van der Waals surface area contributed by atoms with Crippen LogP contribution in [0.5, 0.6) is 0 Å². The maximum atomic E-state index is 11.8. The predicted octanol–water partition coefficient (Wildman–Crippen LogP) is 2.02. The molecule has 3 N–H and O–H groups in total. The summed E-state index contributed by atoms with van der Waals surface area (Å²) in [6, 6.07) is 5.36. The Labute approximate surface area is 109 Å². The Morgan fingerprint density at radius 3 is 3.17 bits per heavy atom. The molecule has 0 fully saturated rings. The molecule has 0 radical (unpaired) electrons. The van der Waals surface area contributed by atoms with E-state index in [1.165, 1.54) is 11.3 Å². The number of rotatable bonds is 4. The van der Waals surface area contributed by atoms with Crippen molar-refractivity contribution in [3.05, 3.63) is 23.8 Å². The normalized spacial score (nSPS) is 10.2. The molecule has 1 aromatic heterocycles. The van der Waals surface area contributed by atoms with Crippen LogP contribution in [0, 0.1) is 12.3 Å². The van der Waals surface area contributed by atoms with E-state index in [0.29, 0.717) is 23.7 Å². The third kappa shape index (κ3) is 2.79. The lowest BCUT2D eigenvalue weighted by atomic mass is 10.2. The Kier molecular flexibility index (Phi) is 3.80. The lowest BCUT2D eigenvalue weighted by molar-refractivity contribution is 0.0953. The second-order valence-electron chi connectivity index (χ2n) is 3.80. The Hall–Kier alpha value is -2.06. The molecule has 0 bridgehead atoms. The summed E-state index contributed by atoms with van der Waals surface area (Å²) >= 11 is 1.38. The predicted molar refractivity (Wildman–Crippen MR) is 74.4 cm³/mol. The van der Waals surface area contributed by atoms with E-state index in [-0.39, 0.29) is 5.91 Å². The average molecular weight is 259 g/mol. The molecular weight excluding hydrogens is 246 g/mol. The summed E-state index contributed by atoms with van der Waals surface area (Å²) in [7, 11) is 0. The van der Waals surface area contributed by atoms with Crippen LogP contribution in [0.15, 0.2) is 18.2 Å². The molecule has 0 aliphatic carbocycles. The van der Waals surface area contributed by atoms with E-state index in [1.54, 1.807) is 18.2 Å². The summed E-state index contributed by atoms with van der Waals surface area (Å²) in [4.78, 5) is 16.0. The first-order chi connectivity index (χ1) is 8.70. The molecule has 1 aromatic carbocycles. The number of terminal acetylenes is 1. The first-order valence-electron chi connectivity index (χ1n) is 5.58. The fraction of sp³-hybridized carbons (Fsp3) is 0.231. The van der Waals surface area contributed by atoms with E-state index < -0.39 is 0 Å². The van der Waals surface area contributed by atoms with E-state index in [1.807, 2.05) is 0 Å². The number of carbonyl (C=O) groups excluding carboxylic acids is 1. The highest BCUT2D eigenvalue weighted by molar-refractivity contribution is 7.22. The van der Waals surface area contributed by atoms with Crippen molar-refractivity contribution in [1.82, 2.24) is 10.3 Å². The van der Waals surface area contributed by atoms with Crippen molar-refractivity contribution in [3.8, 4) is 12.3 Å². The highest BCUT2D eigenvalue weighted by atomic mass is 32.1. The summed E-state index contributed by atoms with van der Waals surface area (Å²) in [6.45, 7) is 0.589. The Balaban J connectivity index is 2.06. The highest BCUT2D eigenvalue weighted by Crippen LogP contribution is 2.24. The van der Waals surface area contributed by atoms with Gasteiger partial charge in [-0.25, -0.2) is 4.98 Å². The Morgan fingerprint density at radius 2 is 2.39 bits per heavy atom. The number of unbranched alkanes of at least 4 members (excludes halogenated alkanes) is 1. The summed E-state index contributed by atoms with van der Waals surface area (Å²) < 4.78 is 0.920. The van der Waals surface area contributed by atoms with Crippen LogP contribution in [0.4, 0.5) is 5.13 Å². The SMILES string of the molecule is C#CCCCNC(=O)c1ccc2nc(N)sc2c1. The lowest BCUT2D eigenvalue weighted by Crippen LogP contribution is -2.24. The number of nitrogens with two attached hydrogens (primary N) is 1. The van der Waals surface area contributed by atoms with Crippen molar-refractivity contribution in [2.75, 3.05) is 12.3 Å². The number of hydrogen-bond donors (Lipinski definition) is 2. The molecule has 0 saturated carbocycles. The average Bonchev–Trinajstić information content (AvgIpc) is 2.73. The maximum absolute atomic E-state index is 11.8. The zero-order chi connectivity index (χ0) is 13.0. The topological polar surface area (TPSA) is 68.0 Å². The van der Waals surface area contributed by atoms with Gasteiger partial charge in [-0.1, -0.05) is 11.3 Å². The molecule has 0 atom stereocenters. The largest absolute Gasteiger partial charge is 0.375 e. The molecule has 5 heteroatoms. The van der Waals surface area contributed by atoms with Gasteiger partial charge in [0.25, 0.3) is 5.91 Å². The van der Waals surface area contributed by atoms with Gasteiger partial charge in [0, 0.05) is 18.5 Å². The Morgan fingerprint density at radius 1 is 1.56 bits per heavy atom. The lowest BCUT2D eigenvalue weighted by Gasteiger charge is -2.03. The van der Waals surface area contributed by atoms with Gasteiger partial charge in [-0.3, -0.25) is 4.79 Å². The van der Waals surface area contributed by atoms with Gasteiger partial charge >= 0.3 is 0 Å². The fourth-order valence-corrected chi connectivity index (χ4v) is 2.35. The fourth-order valence-electron chi connectivity index (χ4n) is 1.58. The summed E-state index contributed by atoms with van der Waals surface area (Å²) in [5.74, 6) is 2.44. The van der Waals surface area contributed by atoms with E-state index in [2.05, 4.69) is 16.2 Å². The first-order valence-corrected chi connectivity index (χ1v) is 6.40. The molecule has 4 nitrogen and oxygen atoms in total. The van der Waals surface area contributed by atoms with Crippen molar-refractivity contribution in [2.24, 2.45) is 0 Å². The van der Waals surface area contributed by atoms with Gasteiger partial charge < -0.3 is 11.1 Å². The third-order valence-corrected chi connectivity index (χ3v) is 3.30. The van der Waals surface area contributed by atoms with Crippen molar-refractivity contribution in [1.29, 1.82) is 0 Å². The van der Waals surface area contributed by atoms with Gasteiger partial charge in [0.05, 0.1) is 10.2 Å². The van der Waals surface area contributed by atoms with Crippen LogP contribution in [-0.4, -0.2) is 17.4 Å². The van der Waals surface area contributed by atoms with Crippen molar-refractivity contribution < 1.29 is 4.79 Å². The standard InChI is InChI=1S/C13H13N3OS/c1-2-3-4-7-15-12(17)9-5-6-10-11(8-9)18-13(14)16-10/h1,5-6,8H,3-4,7H2,(H2,14,16)(H,15,17). The van der Waals surface area contributed by atoms with Crippen LogP contribution in [0.3, 0.4) is 0 Å². The van der Waals surface area contributed by atoms with Crippen molar-refractivity contribution >= 4 is 32.6 Å². The maximum Gasteiger partial charge on any atom is 0.251 e. The minimum atomic E-state index is -0.0964. The minimum Gasteiger partial charge on any atom is -0.375 e. The summed E-state index contributed by atoms with van der Waals surface area (Å²) in [5, 5.41) is 3.33. The van der Waals surface area contributed by atoms with E-state index in [0.717, 1.165) is 16.6 Å². The van der Waals surface area contributed by atoms with Crippen LogP contribution in [0.25, 0.3) is 10.2 Å². The first kappa shape index (κ1) is 12.4. The molecule has 0 spiro atoms. The molecule has 0 saturated heterocycles. The van der Waals surface area contributed by atoms with Crippen molar-refractivity contribution in [2.45, 2.75) is 12.8 Å². The van der Waals surface area contributed by atoms with Crippen LogP contribution in [-0.2, 0) is 0 Å². The zero-order valence-electron chi connectivity index (χ0n) is 9.77. The number of carbonyl (C=O) groups is 1. The van der Waals surface area contributed by atoms with Crippen LogP contribution >= 0.6 is 11.3 Å². The molecule has 1 heterocycles. The zero-order valence-corrected chi connectivity index (χ0v) is 10.6. The third-order valence-electron chi connectivity index (χ3n) is 2.45. The molecule has 18 heavy (non-hydrogen) atoms. The minimum absolute atomic E-state index is 0.0964. The monoisotopic (exact) mass is 259 g/mol. The smallest absolute Gasteiger partial charge is 0.251 e. The number of nitrogen functional groups attached to an aromatic ring is 1. The number of amides is 1. The molecule has 92 valence electrons. The Bertz CT molecular complexity index is 612. The summed E-state index contributed by atoms with van der Waals surface area (Å²) in [5.41, 5.74) is 7.06. The van der Waals surface area contributed by atoms with Gasteiger partial charge in [-0.05, 0) is 24.6 Å². The number of anilines is 1. The van der Waals surface area contributed by atoms with E-state index in [4.69, 9.17) is 12.2 Å². The number of fused-ring (bicyclic) bond motifs is 1. The quantitative estimate of drug-likeness (QED) is 0.652.